The summed E-state index contributed by atoms with van der Waals surface area (Å²) in [5.41, 5.74) is 3.86. The molecule has 10 heteroatoms. The van der Waals surface area contributed by atoms with Gasteiger partial charge in [0, 0.05) is 43.0 Å². The molecule has 1 amide bonds. The van der Waals surface area contributed by atoms with E-state index in [9.17, 15) is 18.0 Å². The number of carbonyl (C=O) groups excluding carboxylic acids is 1. The number of ether oxygens (including phenoxy) is 1. The number of pyridine rings is 1. The Morgan fingerprint density at radius 1 is 1.20 bits per heavy atom. The number of alkyl halides is 3. The van der Waals surface area contributed by atoms with Crippen molar-refractivity contribution in [3.8, 4) is 17.0 Å². The molecule has 2 heterocycles. The topological polar surface area (TPSA) is 57.7 Å². The number of hydrogen-bond donors (Lipinski definition) is 1. The van der Waals surface area contributed by atoms with Crippen molar-refractivity contribution in [2.45, 2.75) is 13.1 Å². The number of aromatic nitrogens is 1. The Bertz CT molecular complexity index is 869. The number of piperazine rings is 1. The minimum atomic E-state index is -4.50. The molecule has 0 saturated carbocycles. The van der Waals surface area contributed by atoms with Crippen molar-refractivity contribution in [2.24, 2.45) is 0 Å². The lowest BCUT2D eigenvalue weighted by Crippen LogP contribution is -2.53. The van der Waals surface area contributed by atoms with Crippen molar-refractivity contribution < 1.29 is 22.7 Å². The molecule has 3 rings (SSSR count). The largest absolute Gasteiger partial charge is 0.468 e. The lowest BCUT2D eigenvalue weighted by atomic mass is 10.1. The molecule has 0 atom stereocenters. The van der Waals surface area contributed by atoms with Gasteiger partial charge in [0.2, 0.25) is 5.88 Å². The first-order valence-corrected chi connectivity index (χ1v) is 9.87. The minimum Gasteiger partial charge on any atom is -0.468 e. The Kier molecular flexibility index (Phi) is 7.17. The SMILES string of the molecule is CCN1CCN(NC(=O)c2cnc(OCC(F)(F)F)c(-c3ccc(Cl)cc3)c2)CC1. The first-order valence-electron chi connectivity index (χ1n) is 9.49. The fourth-order valence-corrected chi connectivity index (χ4v) is 3.19. The summed E-state index contributed by atoms with van der Waals surface area (Å²) in [6, 6.07) is 7.94. The van der Waals surface area contributed by atoms with E-state index in [-0.39, 0.29) is 22.9 Å². The molecule has 0 unspecified atom stereocenters. The monoisotopic (exact) mass is 442 g/mol. The van der Waals surface area contributed by atoms with E-state index < -0.39 is 12.8 Å². The standard InChI is InChI=1S/C20H22ClF3N4O2/c1-2-27-7-9-28(10-8-27)26-18(29)15-11-17(14-3-5-16(21)6-4-14)19(25-12-15)30-13-20(22,23)24/h3-6,11-12H,2,7-10,13H2,1H3,(H,26,29). The van der Waals surface area contributed by atoms with Gasteiger partial charge in [0.15, 0.2) is 6.61 Å². The molecular formula is C20H22ClF3N4O2. The second-order valence-corrected chi connectivity index (χ2v) is 7.29. The average molecular weight is 443 g/mol. The summed E-state index contributed by atoms with van der Waals surface area (Å²) >= 11 is 5.90. The molecule has 1 fully saturated rings. The van der Waals surface area contributed by atoms with E-state index in [4.69, 9.17) is 16.3 Å². The van der Waals surface area contributed by atoms with Crippen LogP contribution in [0.2, 0.25) is 5.02 Å². The van der Waals surface area contributed by atoms with Crippen molar-refractivity contribution in [1.29, 1.82) is 0 Å². The molecule has 0 radical (unpaired) electrons. The molecule has 1 N–H and O–H groups in total. The van der Waals surface area contributed by atoms with Crippen LogP contribution in [0.5, 0.6) is 5.88 Å². The van der Waals surface area contributed by atoms with Gasteiger partial charge in [-0.3, -0.25) is 10.2 Å². The molecule has 6 nitrogen and oxygen atoms in total. The Labute approximate surface area is 177 Å². The molecule has 1 saturated heterocycles. The van der Waals surface area contributed by atoms with Crippen LogP contribution in [0.4, 0.5) is 13.2 Å². The maximum atomic E-state index is 12.7. The van der Waals surface area contributed by atoms with Crippen LogP contribution in [0.25, 0.3) is 11.1 Å². The summed E-state index contributed by atoms with van der Waals surface area (Å²) in [6.07, 6.45) is -3.29. The number of rotatable bonds is 6. The first kappa shape index (κ1) is 22.3. The van der Waals surface area contributed by atoms with Crippen molar-refractivity contribution >= 4 is 17.5 Å². The number of nitrogens with one attached hydrogen (secondary N) is 1. The van der Waals surface area contributed by atoms with Crippen LogP contribution in [-0.4, -0.2) is 66.3 Å². The van der Waals surface area contributed by atoms with Gasteiger partial charge in [-0.2, -0.15) is 13.2 Å². The summed E-state index contributed by atoms with van der Waals surface area (Å²) in [4.78, 5) is 18.9. The zero-order chi connectivity index (χ0) is 21.7. The van der Waals surface area contributed by atoms with Crippen LogP contribution in [0.15, 0.2) is 36.5 Å². The van der Waals surface area contributed by atoms with Crippen molar-refractivity contribution in [3.63, 3.8) is 0 Å². The highest BCUT2D eigenvalue weighted by molar-refractivity contribution is 6.30. The third-order valence-electron chi connectivity index (χ3n) is 4.72. The third kappa shape index (κ3) is 6.07. The molecule has 1 aromatic heterocycles. The zero-order valence-corrected chi connectivity index (χ0v) is 17.1. The maximum Gasteiger partial charge on any atom is 0.422 e. The summed E-state index contributed by atoms with van der Waals surface area (Å²) in [5, 5.41) is 2.30. The predicted octanol–water partition coefficient (Wildman–Crippen LogP) is 3.63. The van der Waals surface area contributed by atoms with Crippen LogP contribution in [0.1, 0.15) is 17.3 Å². The number of hydrogen-bond acceptors (Lipinski definition) is 5. The molecular weight excluding hydrogens is 421 g/mol. The Balaban J connectivity index is 1.80. The summed E-state index contributed by atoms with van der Waals surface area (Å²) in [7, 11) is 0. The third-order valence-corrected chi connectivity index (χ3v) is 4.97. The molecule has 162 valence electrons. The molecule has 30 heavy (non-hydrogen) atoms. The van der Waals surface area contributed by atoms with Gasteiger partial charge < -0.3 is 9.64 Å². The normalized spacial score (nSPS) is 15.8. The summed E-state index contributed by atoms with van der Waals surface area (Å²) < 4.78 is 42.7. The van der Waals surface area contributed by atoms with Gasteiger partial charge in [-0.1, -0.05) is 30.7 Å². The van der Waals surface area contributed by atoms with E-state index >= 15 is 0 Å². The average Bonchev–Trinajstić information content (AvgIpc) is 2.73. The number of carbonyl (C=O) groups is 1. The quantitative estimate of drug-likeness (QED) is 0.740. The number of halogens is 4. The molecule has 0 aliphatic carbocycles. The number of amides is 1. The van der Waals surface area contributed by atoms with Gasteiger partial charge >= 0.3 is 6.18 Å². The van der Waals surface area contributed by atoms with Crippen LogP contribution < -0.4 is 10.2 Å². The van der Waals surface area contributed by atoms with Gasteiger partial charge in [0.05, 0.1) is 5.56 Å². The smallest absolute Gasteiger partial charge is 0.422 e. The van der Waals surface area contributed by atoms with Gasteiger partial charge in [0.25, 0.3) is 5.91 Å². The van der Waals surface area contributed by atoms with Crippen molar-refractivity contribution in [2.75, 3.05) is 39.3 Å². The van der Waals surface area contributed by atoms with Gasteiger partial charge in [-0.25, -0.2) is 9.99 Å². The number of benzene rings is 1. The predicted molar refractivity (Wildman–Crippen MR) is 107 cm³/mol. The van der Waals surface area contributed by atoms with E-state index in [0.29, 0.717) is 23.7 Å². The van der Waals surface area contributed by atoms with E-state index in [0.717, 1.165) is 19.6 Å². The summed E-state index contributed by atoms with van der Waals surface area (Å²) in [6.45, 7) is 4.61. The Morgan fingerprint density at radius 2 is 1.87 bits per heavy atom. The Morgan fingerprint density at radius 3 is 2.47 bits per heavy atom. The van der Waals surface area contributed by atoms with Crippen LogP contribution >= 0.6 is 11.6 Å². The summed E-state index contributed by atoms with van der Waals surface area (Å²) in [5.74, 6) is -0.590. The second-order valence-electron chi connectivity index (χ2n) is 6.85. The fraction of sp³-hybridized carbons (Fsp3) is 0.400. The lowest BCUT2D eigenvalue weighted by molar-refractivity contribution is -0.154. The fourth-order valence-electron chi connectivity index (χ4n) is 3.06. The molecule has 1 aliphatic rings. The van der Waals surface area contributed by atoms with E-state index in [1.165, 1.54) is 12.3 Å². The lowest BCUT2D eigenvalue weighted by Gasteiger charge is -2.33. The highest BCUT2D eigenvalue weighted by atomic mass is 35.5. The molecule has 2 aromatic rings. The van der Waals surface area contributed by atoms with E-state index in [1.54, 1.807) is 24.3 Å². The van der Waals surface area contributed by atoms with Gasteiger partial charge in [0.1, 0.15) is 0 Å². The number of hydrazine groups is 1. The number of likely N-dealkylation sites (N-methyl/N-ethyl adjacent to an activating group) is 1. The van der Waals surface area contributed by atoms with Crippen molar-refractivity contribution in [3.05, 3.63) is 47.1 Å². The second kappa shape index (κ2) is 9.63. The van der Waals surface area contributed by atoms with Crippen molar-refractivity contribution in [1.82, 2.24) is 20.3 Å². The van der Waals surface area contributed by atoms with Gasteiger partial charge in [-0.15, -0.1) is 0 Å². The zero-order valence-electron chi connectivity index (χ0n) is 16.4. The first-order chi connectivity index (χ1) is 14.2. The molecule has 0 bridgehead atoms. The van der Waals surface area contributed by atoms with Crippen LogP contribution in [-0.2, 0) is 0 Å². The highest BCUT2D eigenvalue weighted by Gasteiger charge is 2.29. The molecule has 1 aromatic carbocycles. The molecule has 1 aliphatic heterocycles. The van der Waals surface area contributed by atoms with Crippen LogP contribution in [0.3, 0.4) is 0 Å². The van der Waals surface area contributed by atoms with Crippen LogP contribution in [0, 0.1) is 0 Å². The van der Waals surface area contributed by atoms with E-state index in [2.05, 4.69) is 22.2 Å². The van der Waals surface area contributed by atoms with E-state index in [1.807, 2.05) is 5.01 Å². The molecule has 0 spiro atoms. The maximum absolute atomic E-state index is 12.7. The minimum absolute atomic E-state index is 0.206. The highest BCUT2D eigenvalue weighted by Crippen LogP contribution is 2.31. The van der Waals surface area contributed by atoms with Gasteiger partial charge in [-0.05, 0) is 30.3 Å². The number of nitrogens with zero attached hydrogens (tertiary/aromatic N) is 3. The Hall–Kier alpha value is -2.36.